The van der Waals surface area contributed by atoms with Gasteiger partial charge in [0.2, 0.25) is 5.88 Å². The molecule has 2 aromatic rings. The van der Waals surface area contributed by atoms with E-state index in [1.54, 1.807) is 12.1 Å². The Kier molecular flexibility index (Phi) is 4.98. The third-order valence-corrected chi connectivity index (χ3v) is 3.41. The van der Waals surface area contributed by atoms with Crippen molar-refractivity contribution >= 4 is 5.82 Å². The van der Waals surface area contributed by atoms with Gasteiger partial charge in [-0.15, -0.1) is 0 Å². The number of nitrogens with zero attached hydrogens (tertiary/aromatic N) is 3. The number of hydrogen-bond acceptors (Lipinski definition) is 5. The first kappa shape index (κ1) is 15.1. The van der Waals surface area contributed by atoms with Crippen LogP contribution in [0.15, 0.2) is 36.7 Å². The van der Waals surface area contributed by atoms with Gasteiger partial charge in [-0.3, -0.25) is 0 Å². The van der Waals surface area contributed by atoms with E-state index in [0.717, 1.165) is 12.2 Å². The SMILES string of the molecule is CCOc1cc(N(C)C(C)Cc2ccc(O)cc2)ncn1. The highest BCUT2D eigenvalue weighted by Crippen LogP contribution is 2.19. The molecule has 1 N–H and O–H groups in total. The standard InChI is InChI=1S/C16H21N3O2/c1-4-21-16-10-15(17-11-18-16)19(3)12(2)9-13-5-7-14(20)8-6-13/h5-8,10-12,20H,4,9H2,1-3H3. The highest BCUT2D eigenvalue weighted by molar-refractivity contribution is 5.41. The Balaban J connectivity index is 2.06. The lowest BCUT2D eigenvalue weighted by Crippen LogP contribution is -2.31. The summed E-state index contributed by atoms with van der Waals surface area (Å²) in [5, 5.41) is 9.32. The molecule has 5 heteroatoms. The maximum absolute atomic E-state index is 9.32. The van der Waals surface area contributed by atoms with E-state index >= 15 is 0 Å². The number of benzene rings is 1. The van der Waals surface area contributed by atoms with Crippen LogP contribution in [0.2, 0.25) is 0 Å². The van der Waals surface area contributed by atoms with Crippen molar-refractivity contribution in [3.8, 4) is 11.6 Å². The third-order valence-electron chi connectivity index (χ3n) is 3.41. The van der Waals surface area contributed by atoms with Crippen LogP contribution in [0.25, 0.3) is 0 Å². The van der Waals surface area contributed by atoms with Gasteiger partial charge < -0.3 is 14.7 Å². The highest BCUT2D eigenvalue weighted by Gasteiger charge is 2.13. The summed E-state index contributed by atoms with van der Waals surface area (Å²) in [5.74, 6) is 1.71. The quantitative estimate of drug-likeness (QED) is 0.885. The zero-order valence-corrected chi connectivity index (χ0v) is 12.7. The zero-order chi connectivity index (χ0) is 15.2. The minimum Gasteiger partial charge on any atom is -0.508 e. The fraction of sp³-hybridized carbons (Fsp3) is 0.375. The van der Waals surface area contributed by atoms with Crippen LogP contribution in [0.3, 0.4) is 0 Å². The van der Waals surface area contributed by atoms with Crippen LogP contribution in [0, 0.1) is 0 Å². The summed E-state index contributed by atoms with van der Waals surface area (Å²) in [6.45, 7) is 4.65. The molecule has 1 aromatic carbocycles. The van der Waals surface area contributed by atoms with Gasteiger partial charge in [-0.25, -0.2) is 9.97 Å². The molecule has 0 aliphatic rings. The molecule has 0 saturated heterocycles. The average Bonchev–Trinajstić information content (AvgIpc) is 2.49. The van der Waals surface area contributed by atoms with Crippen molar-refractivity contribution in [3.63, 3.8) is 0 Å². The summed E-state index contributed by atoms with van der Waals surface area (Å²) >= 11 is 0. The molecule has 0 fully saturated rings. The largest absolute Gasteiger partial charge is 0.508 e. The van der Waals surface area contributed by atoms with Gasteiger partial charge in [0.25, 0.3) is 0 Å². The van der Waals surface area contributed by atoms with Crippen LogP contribution >= 0.6 is 0 Å². The molecule has 1 heterocycles. The van der Waals surface area contributed by atoms with Gasteiger partial charge in [-0.2, -0.15) is 0 Å². The number of rotatable bonds is 6. The van der Waals surface area contributed by atoms with E-state index in [1.165, 1.54) is 11.9 Å². The second-order valence-electron chi connectivity index (χ2n) is 4.98. The Morgan fingerprint density at radius 1 is 1.24 bits per heavy atom. The summed E-state index contributed by atoms with van der Waals surface area (Å²) in [7, 11) is 2.00. The molecule has 112 valence electrons. The van der Waals surface area contributed by atoms with Crippen LogP contribution in [-0.4, -0.2) is 34.8 Å². The Labute approximate surface area is 125 Å². The number of phenols is 1. The molecule has 1 atom stereocenters. The predicted molar refractivity (Wildman–Crippen MR) is 82.9 cm³/mol. The van der Waals surface area contributed by atoms with Crippen molar-refractivity contribution in [3.05, 3.63) is 42.2 Å². The Morgan fingerprint density at radius 3 is 2.62 bits per heavy atom. The number of hydrogen-bond donors (Lipinski definition) is 1. The van der Waals surface area contributed by atoms with E-state index in [9.17, 15) is 5.11 Å². The van der Waals surface area contributed by atoms with Crippen molar-refractivity contribution in [1.29, 1.82) is 0 Å². The van der Waals surface area contributed by atoms with Gasteiger partial charge in [-0.05, 0) is 38.0 Å². The minimum atomic E-state index is 0.263. The van der Waals surface area contributed by atoms with Gasteiger partial charge in [-0.1, -0.05) is 12.1 Å². The van der Waals surface area contributed by atoms with Gasteiger partial charge in [0.15, 0.2) is 0 Å². The van der Waals surface area contributed by atoms with Crippen LogP contribution < -0.4 is 9.64 Å². The summed E-state index contributed by atoms with van der Waals surface area (Å²) in [4.78, 5) is 10.5. The minimum absolute atomic E-state index is 0.263. The lowest BCUT2D eigenvalue weighted by molar-refractivity contribution is 0.326. The molecule has 0 saturated carbocycles. The van der Waals surface area contributed by atoms with Crippen molar-refractivity contribution in [2.75, 3.05) is 18.6 Å². The van der Waals surface area contributed by atoms with Crippen molar-refractivity contribution in [2.45, 2.75) is 26.3 Å². The summed E-state index contributed by atoms with van der Waals surface area (Å²) in [6, 6.07) is 9.40. The second kappa shape index (κ2) is 6.92. The number of aromatic nitrogens is 2. The summed E-state index contributed by atoms with van der Waals surface area (Å²) < 4.78 is 5.40. The molecule has 0 spiro atoms. The number of aromatic hydroxyl groups is 1. The van der Waals surface area contributed by atoms with E-state index in [4.69, 9.17) is 4.74 Å². The number of ether oxygens (including phenoxy) is 1. The first-order chi connectivity index (χ1) is 10.1. The first-order valence-electron chi connectivity index (χ1n) is 7.05. The molecule has 5 nitrogen and oxygen atoms in total. The molecule has 0 radical (unpaired) electrons. The molecular weight excluding hydrogens is 266 g/mol. The predicted octanol–water partition coefficient (Wildman–Crippen LogP) is 2.65. The number of likely N-dealkylation sites (N-methyl/N-ethyl adjacent to an activating group) is 1. The van der Waals surface area contributed by atoms with E-state index in [-0.39, 0.29) is 11.8 Å². The van der Waals surface area contributed by atoms with Gasteiger partial charge in [0, 0.05) is 19.2 Å². The molecule has 1 aromatic heterocycles. The van der Waals surface area contributed by atoms with E-state index in [0.29, 0.717) is 12.5 Å². The Hall–Kier alpha value is -2.30. The van der Waals surface area contributed by atoms with Crippen LogP contribution in [-0.2, 0) is 6.42 Å². The maximum Gasteiger partial charge on any atom is 0.218 e. The van der Waals surface area contributed by atoms with Gasteiger partial charge >= 0.3 is 0 Å². The Morgan fingerprint density at radius 2 is 1.95 bits per heavy atom. The molecule has 21 heavy (non-hydrogen) atoms. The molecule has 2 rings (SSSR count). The Bertz CT molecular complexity index is 572. The lowest BCUT2D eigenvalue weighted by atomic mass is 10.1. The van der Waals surface area contributed by atoms with Gasteiger partial charge in [0.05, 0.1) is 6.61 Å². The average molecular weight is 287 g/mol. The molecule has 0 amide bonds. The molecule has 1 unspecified atom stereocenters. The molecule has 0 aliphatic heterocycles. The van der Waals surface area contributed by atoms with Crippen molar-refractivity contribution < 1.29 is 9.84 Å². The van der Waals surface area contributed by atoms with Crippen LogP contribution in [0.5, 0.6) is 11.6 Å². The van der Waals surface area contributed by atoms with Crippen molar-refractivity contribution in [2.24, 2.45) is 0 Å². The normalized spacial score (nSPS) is 12.0. The zero-order valence-electron chi connectivity index (χ0n) is 12.7. The van der Waals surface area contributed by atoms with E-state index in [2.05, 4.69) is 21.8 Å². The number of anilines is 1. The van der Waals surface area contributed by atoms with E-state index < -0.39 is 0 Å². The molecule has 0 aliphatic carbocycles. The van der Waals surface area contributed by atoms with Crippen LogP contribution in [0.4, 0.5) is 5.82 Å². The fourth-order valence-corrected chi connectivity index (χ4v) is 2.09. The lowest BCUT2D eigenvalue weighted by Gasteiger charge is -2.26. The second-order valence-corrected chi connectivity index (χ2v) is 4.98. The topological polar surface area (TPSA) is 58.5 Å². The van der Waals surface area contributed by atoms with E-state index in [1.807, 2.05) is 32.2 Å². The third kappa shape index (κ3) is 4.08. The maximum atomic E-state index is 9.32. The smallest absolute Gasteiger partial charge is 0.218 e. The number of phenolic OH excluding ortho intramolecular Hbond substituents is 1. The fourth-order valence-electron chi connectivity index (χ4n) is 2.09. The molecular formula is C16H21N3O2. The highest BCUT2D eigenvalue weighted by atomic mass is 16.5. The van der Waals surface area contributed by atoms with Gasteiger partial charge in [0.1, 0.15) is 17.9 Å². The van der Waals surface area contributed by atoms with Crippen molar-refractivity contribution in [1.82, 2.24) is 9.97 Å². The summed E-state index contributed by atoms with van der Waals surface area (Å²) in [6.07, 6.45) is 2.38. The monoisotopic (exact) mass is 287 g/mol. The first-order valence-corrected chi connectivity index (χ1v) is 7.05. The van der Waals surface area contributed by atoms with Crippen LogP contribution in [0.1, 0.15) is 19.4 Å². The summed E-state index contributed by atoms with van der Waals surface area (Å²) in [5.41, 5.74) is 1.17. The molecule has 0 bridgehead atoms.